The lowest BCUT2D eigenvalue weighted by Gasteiger charge is -2.16. The number of benzene rings is 1. The minimum atomic E-state index is 0.112. The van der Waals surface area contributed by atoms with Crippen LogP contribution in [0.2, 0.25) is 10.0 Å². The quantitative estimate of drug-likeness (QED) is 0.777. The van der Waals surface area contributed by atoms with Crippen molar-refractivity contribution in [1.82, 2.24) is 10.2 Å². The molecule has 0 unspecified atom stereocenters. The monoisotopic (exact) mass is 332 g/mol. The van der Waals surface area contributed by atoms with Crippen molar-refractivity contribution in [3.63, 3.8) is 0 Å². The number of rotatable bonds is 7. The summed E-state index contributed by atoms with van der Waals surface area (Å²) in [6, 6.07) is 5.88. The summed E-state index contributed by atoms with van der Waals surface area (Å²) < 4.78 is 0. The molecular formula is C14H18Cl2N2OS. The summed E-state index contributed by atoms with van der Waals surface area (Å²) in [5, 5.41) is 4.39. The molecule has 1 amide bonds. The number of nitrogens with one attached hydrogen (secondary N) is 1. The molecule has 0 aromatic heterocycles. The molecule has 1 aromatic rings. The number of hydrogen-bond acceptors (Lipinski definition) is 3. The van der Waals surface area contributed by atoms with E-state index in [1.54, 1.807) is 23.9 Å². The first-order valence-electron chi connectivity index (χ1n) is 6.60. The second kappa shape index (κ2) is 7.55. The molecule has 110 valence electrons. The van der Waals surface area contributed by atoms with Crippen molar-refractivity contribution in [2.45, 2.75) is 23.8 Å². The summed E-state index contributed by atoms with van der Waals surface area (Å²) in [6.45, 7) is 1.27. The molecule has 0 radical (unpaired) electrons. The zero-order chi connectivity index (χ0) is 14.5. The van der Waals surface area contributed by atoms with Gasteiger partial charge in [0.15, 0.2) is 0 Å². The molecule has 3 nitrogen and oxygen atoms in total. The molecule has 1 N–H and O–H groups in total. The third-order valence-electron chi connectivity index (χ3n) is 2.98. The molecule has 0 saturated heterocycles. The van der Waals surface area contributed by atoms with E-state index >= 15 is 0 Å². The van der Waals surface area contributed by atoms with Gasteiger partial charge in [-0.3, -0.25) is 9.69 Å². The molecule has 2 rings (SSSR count). The van der Waals surface area contributed by atoms with E-state index in [2.05, 4.69) is 5.32 Å². The second-order valence-corrected chi connectivity index (χ2v) is 6.98. The SMILES string of the molecule is CN(CCSc1cc(Cl)ccc1Cl)CC(=O)NC1CC1. The summed E-state index contributed by atoms with van der Waals surface area (Å²) in [5.41, 5.74) is 0. The van der Waals surface area contributed by atoms with Crippen molar-refractivity contribution >= 4 is 40.9 Å². The molecule has 1 aromatic carbocycles. The fourth-order valence-electron chi connectivity index (χ4n) is 1.72. The summed E-state index contributed by atoms with van der Waals surface area (Å²) in [4.78, 5) is 14.6. The number of likely N-dealkylation sites (N-methyl/N-ethyl adjacent to an activating group) is 1. The molecule has 6 heteroatoms. The van der Waals surface area contributed by atoms with Crippen LogP contribution in [0, 0.1) is 0 Å². The van der Waals surface area contributed by atoms with E-state index in [9.17, 15) is 4.79 Å². The Hall–Kier alpha value is -0.420. The standard InChI is InChI=1S/C14H18Cl2N2OS/c1-18(9-14(19)17-11-3-4-11)6-7-20-13-8-10(15)2-5-12(13)16/h2,5,8,11H,3-4,6-7,9H2,1H3,(H,17,19). The Morgan fingerprint density at radius 3 is 2.90 bits per heavy atom. The van der Waals surface area contributed by atoms with Gasteiger partial charge in [0.25, 0.3) is 0 Å². The first kappa shape index (κ1) is 16.0. The van der Waals surface area contributed by atoms with E-state index in [0.29, 0.717) is 22.6 Å². The minimum Gasteiger partial charge on any atom is -0.352 e. The highest BCUT2D eigenvalue weighted by atomic mass is 35.5. The van der Waals surface area contributed by atoms with Crippen molar-refractivity contribution in [2.24, 2.45) is 0 Å². The van der Waals surface area contributed by atoms with Crippen LogP contribution in [0.3, 0.4) is 0 Å². The van der Waals surface area contributed by atoms with Crippen LogP contribution in [0.25, 0.3) is 0 Å². The molecule has 0 aliphatic heterocycles. The van der Waals surface area contributed by atoms with Crippen LogP contribution in [0.15, 0.2) is 23.1 Å². The molecule has 1 aliphatic carbocycles. The minimum absolute atomic E-state index is 0.112. The number of hydrogen-bond donors (Lipinski definition) is 1. The van der Waals surface area contributed by atoms with Crippen LogP contribution in [0.5, 0.6) is 0 Å². The van der Waals surface area contributed by atoms with Crippen molar-refractivity contribution < 1.29 is 4.79 Å². The lowest BCUT2D eigenvalue weighted by molar-refractivity contribution is -0.122. The fourth-order valence-corrected chi connectivity index (χ4v) is 3.28. The van der Waals surface area contributed by atoms with E-state index in [1.807, 2.05) is 18.0 Å². The van der Waals surface area contributed by atoms with E-state index in [-0.39, 0.29) is 5.91 Å². The van der Waals surface area contributed by atoms with Gasteiger partial charge in [-0.05, 0) is 38.1 Å². The average molecular weight is 333 g/mol. The van der Waals surface area contributed by atoms with Gasteiger partial charge in [-0.25, -0.2) is 0 Å². The summed E-state index contributed by atoms with van der Waals surface area (Å²) >= 11 is 13.7. The van der Waals surface area contributed by atoms with Gasteiger partial charge in [-0.1, -0.05) is 23.2 Å². The zero-order valence-electron chi connectivity index (χ0n) is 11.4. The highest BCUT2D eigenvalue weighted by Gasteiger charge is 2.23. The van der Waals surface area contributed by atoms with Crippen molar-refractivity contribution in [2.75, 3.05) is 25.9 Å². The Labute approximate surface area is 134 Å². The van der Waals surface area contributed by atoms with Gasteiger partial charge in [-0.15, -0.1) is 11.8 Å². The maximum atomic E-state index is 11.6. The highest BCUT2D eigenvalue weighted by molar-refractivity contribution is 7.99. The predicted octanol–water partition coefficient (Wildman–Crippen LogP) is 3.30. The smallest absolute Gasteiger partial charge is 0.234 e. The third-order valence-corrected chi connectivity index (χ3v) is 4.69. The van der Waals surface area contributed by atoms with Gasteiger partial charge in [-0.2, -0.15) is 0 Å². The van der Waals surface area contributed by atoms with Crippen molar-refractivity contribution in [3.8, 4) is 0 Å². The number of carbonyl (C=O) groups is 1. The van der Waals surface area contributed by atoms with E-state index in [0.717, 1.165) is 30.0 Å². The number of nitrogens with zero attached hydrogens (tertiary/aromatic N) is 1. The first-order chi connectivity index (χ1) is 9.54. The summed E-state index contributed by atoms with van der Waals surface area (Å²) in [7, 11) is 1.95. The van der Waals surface area contributed by atoms with Gasteiger partial charge in [0.2, 0.25) is 5.91 Å². The maximum absolute atomic E-state index is 11.6. The second-order valence-electron chi connectivity index (χ2n) is 5.00. The van der Waals surface area contributed by atoms with Gasteiger partial charge in [0, 0.05) is 28.3 Å². The Balaban J connectivity index is 1.68. The lowest BCUT2D eigenvalue weighted by atomic mass is 10.4. The zero-order valence-corrected chi connectivity index (χ0v) is 13.7. The Bertz CT molecular complexity index is 480. The van der Waals surface area contributed by atoms with Gasteiger partial charge in [0.1, 0.15) is 0 Å². The van der Waals surface area contributed by atoms with Crippen LogP contribution in [0.1, 0.15) is 12.8 Å². The van der Waals surface area contributed by atoms with Gasteiger partial charge in [0.05, 0.1) is 11.6 Å². The van der Waals surface area contributed by atoms with E-state index < -0.39 is 0 Å². The Morgan fingerprint density at radius 1 is 1.45 bits per heavy atom. The third kappa shape index (κ3) is 5.52. The maximum Gasteiger partial charge on any atom is 0.234 e. The number of carbonyl (C=O) groups excluding carboxylic acids is 1. The Kier molecular flexibility index (Phi) is 6.02. The predicted molar refractivity (Wildman–Crippen MR) is 85.8 cm³/mol. The molecule has 0 bridgehead atoms. The molecular weight excluding hydrogens is 315 g/mol. The number of halogens is 2. The van der Waals surface area contributed by atoms with Gasteiger partial charge >= 0.3 is 0 Å². The molecule has 1 saturated carbocycles. The molecule has 20 heavy (non-hydrogen) atoms. The lowest BCUT2D eigenvalue weighted by Crippen LogP contribution is -2.37. The highest BCUT2D eigenvalue weighted by Crippen LogP contribution is 2.29. The summed E-state index contributed by atoms with van der Waals surface area (Å²) in [6.07, 6.45) is 2.25. The molecule has 0 spiro atoms. The van der Waals surface area contributed by atoms with E-state index in [4.69, 9.17) is 23.2 Å². The molecule has 0 atom stereocenters. The van der Waals surface area contributed by atoms with Crippen LogP contribution >= 0.6 is 35.0 Å². The molecule has 1 aliphatic rings. The topological polar surface area (TPSA) is 32.3 Å². The van der Waals surface area contributed by atoms with Crippen molar-refractivity contribution in [3.05, 3.63) is 28.2 Å². The number of thioether (sulfide) groups is 1. The molecule has 1 fully saturated rings. The average Bonchev–Trinajstić information content (AvgIpc) is 3.17. The van der Waals surface area contributed by atoms with Crippen LogP contribution < -0.4 is 5.32 Å². The number of amides is 1. The largest absolute Gasteiger partial charge is 0.352 e. The Morgan fingerprint density at radius 2 is 2.20 bits per heavy atom. The normalized spacial score (nSPS) is 14.6. The summed E-state index contributed by atoms with van der Waals surface area (Å²) in [5.74, 6) is 0.980. The van der Waals surface area contributed by atoms with Gasteiger partial charge < -0.3 is 5.32 Å². The van der Waals surface area contributed by atoms with Crippen LogP contribution in [-0.2, 0) is 4.79 Å². The first-order valence-corrected chi connectivity index (χ1v) is 8.34. The van der Waals surface area contributed by atoms with Crippen LogP contribution in [-0.4, -0.2) is 42.7 Å². The van der Waals surface area contributed by atoms with Crippen molar-refractivity contribution in [1.29, 1.82) is 0 Å². The van der Waals surface area contributed by atoms with Crippen LogP contribution in [0.4, 0.5) is 0 Å². The van der Waals surface area contributed by atoms with E-state index in [1.165, 1.54) is 0 Å². The fraction of sp³-hybridized carbons (Fsp3) is 0.500. The molecule has 0 heterocycles.